The van der Waals surface area contributed by atoms with Crippen molar-refractivity contribution in [3.05, 3.63) is 54.8 Å². The van der Waals surface area contributed by atoms with Gasteiger partial charge < -0.3 is 19.4 Å². The Bertz CT molecular complexity index is 856. The molecular weight excluding hydrogens is 318 g/mol. The number of hydrogen-bond acceptors (Lipinski definition) is 4. The summed E-state index contributed by atoms with van der Waals surface area (Å²) in [7, 11) is 0. The van der Waals surface area contributed by atoms with Gasteiger partial charge in [-0.25, -0.2) is 4.98 Å². The first-order chi connectivity index (χ1) is 12.2. The van der Waals surface area contributed by atoms with Gasteiger partial charge in [-0.15, -0.1) is 0 Å². The van der Waals surface area contributed by atoms with Gasteiger partial charge in [0.05, 0.1) is 31.2 Å². The minimum atomic E-state index is -0.501. The summed E-state index contributed by atoms with van der Waals surface area (Å²) in [6, 6.07) is 7.48. The van der Waals surface area contributed by atoms with Crippen LogP contribution in [0, 0.1) is 5.92 Å². The SMILES string of the molecule is O=C(Cc1coc2ccccc12)N[C@@H]1CC(Cn2ccnc2)C[C@H]1O. The van der Waals surface area contributed by atoms with Crippen LogP contribution in [0.15, 0.2) is 53.7 Å². The van der Waals surface area contributed by atoms with Crippen molar-refractivity contribution in [2.24, 2.45) is 5.92 Å². The molecule has 0 saturated heterocycles. The lowest BCUT2D eigenvalue weighted by atomic mass is 10.1. The maximum Gasteiger partial charge on any atom is 0.224 e. The molecule has 2 heterocycles. The van der Waals surface area contributed by atoms with Crippen LogP contribution in [0.1, 0.15) is 18.4 Å². The fourth-order valence-corrected chi connectivity index (χ4v) is 3.72. The summed E-state index contributed by atoms with van der Waals surface area (Å²) in [4.78, 5) is 16.4. The lowest BCUT2D eigenvalue weighted by Gasteiger charge is -2.16. The Labute approximate surface area is 145 Å². The number of carbonyl (C=O) groups excluding carboxylic acids is 1. The Morgan fingerprint density at radius 1 is 1.36 bits per heavy atom. The first-order valence-electron chi connectivity index (χ1n) is 8.57. The number of carbonyl (C=O) groups is 1. The lowest BCUT2D eigenvalue weighted by molar-refractivity contribution is -0.121. The van der Waals surface area contributed by atoms with E-state index in [1.807, 2.05) is 35.0 Å². The molecule has 1 amide bonds. The van der Waals surface area contributed by atoms with Crippen molar-refractivity contribution in [3.63, 3.8) is 0 Å². The van der Waals surface area contributed by atoms with Gasteiger partial charge in [-0.05, 0) is 24.8 Å². The predicted octanol–water partition coefficient (Wildman–Crippen LogP) is 2.13. The molecule has 0 aliphatic heterocycles. The fourth-order valence-electron chi connectivity index (χ4n) is 3.72. The van der Waals surface area contributed by atoms with Crippen molar-refractivity contribution >= 4 is 16.9 Å². The maximum atomic E-state index is 12.4. The van der Waals surface area contributed by atoms with Crippen molar-refractivity contribution in [1.29, 1.82) is 0 Å². The number of furan rings is 1. The summed E-state index contributed by atoms with van der Waals surface area (Å²) in [5, 5.41) is 14.2. The number of imidazole rings is 1. The van der Waals surface area contributed by atoms with Crippen LogP contribution in [-0.4, -0.2) is 32.7 Å². The van der Waals surface area contributed by atoms with E-state index in [1.54, 1.807) is 18.8 Å². The van der Waals surface area contributed by atoms with Gasteiger partial charge in [0.2, 0.25) is 5.91 Å². The molecule has 1 aromatic carbocycles. The topological polar surface area (TPSA) is 80.3 Å². The predicted molar refractivity (Wildman–Crippen MR) is 92.8 cm³/mol. The van der Waals surface area contributed by atoms with Crippen LogP contribution in [0.25, 0.3) is 11.0 Å². The summed E-state index contributed by atoms with van der Waals surface area (Å²) < 4.78 is 7.49. The molecule has 1 aliphatic carbocycles. The third-order valence-corrected chi connectivity index (χ3v) is 4.91. The van der Waals surface area contributed by atoms with E-state index in [2.05, 4.69) is 10.3 Å². The number of aliphatic hydroxyl groups excluding tert-OH is 1. The van der Waals surface area contributed by atoms with E-state index in [-0.39, 0.29) is 18.4 Å². The van der Waals surface area contributed by atoms with Gasteiger partial charge in [-0.3, -0.25) is 4.79 Å². The molecular formula is C19H21N3O3. The number of aromatic nitrogens is 2. The highest BCUT2D eigenvalue weighted by Crippen LogP contribution is 2.28. The zero-order valence-corrected chi connectivity index (χ0v) is 13.8. The van der Waals surface area contributed by atoms with Crippen LogP contribution in [-0.2, 0) is 17.8 Å². The van der Waals surface area contributed by atoms with Crippen molar-refractivity contribution in [2.45, 2.75) is 38.0 Å². The van der Waals surface area contributed by atoms with E-state index < -0.39 is 6.10 Å². The zero-order valence-electron chi connectivity index (χ0n) is 13.8. The van der Waals surface area contributed by atoms with E-state index in [0.29, 0.717) is 12.3 Å². The molecule has 0 radical (unpaired) electrons. The molecule has 3 atom stereocenters. The second-order valence-electron chi connectivity index (χ2n) is 6.77. The molecule has 25 heavy (non-hydrogen) atoms. The van der Waals surface area contributed by atoms with Gasteiger partial charge in [-0.1, -0.05) is 18.2 Å². The van der Waals surface area contributed by atoms with Gasteiger partial charge in [0.1, 0.15) is 5.58 Å². The first-order valence-corrected chi connectivity index (χ1v) is 8.57. The van der Waals surface area contributed by atoms with E-state index >= 15 is 0 Å². The number of fused-ring (bicyclic) bond motifs is 1. The molecule has 3 aromatic rings. The number of amides is 1. The third kappa shape index (κ3) is 3.44. The Kier molecular flexibility index (Phi) is 4.28. The lowest BCUT2D eigenvalue weighted by Crippen LogP contribution is -2.40. The van der Waals surface area contributed by atoms with Crippen LogP contribution < -0.4 is 5.32 Å². The maximum absolute atomic E-state index is 12.4. The van der Waals surface area contributed by atoms with Gasteiger partial charge in [0.25, 0.3) is 0 Å². The highest BCUT2D eigenvalue weighted by Gasteiger charge is 2.34. The number of nitrogens with one attached hydrogen (secondary N) is 1. The zero-order chi connectivity index (χ0) is 17.2. The number of aliphatic hydroxyl groups is 1. The molecule has 2 aromatic heterocycles. The van der Waals surface area contributed by atoms with Crippen LogP contribution in [0.5, 0.6) is 0 Å². The Morgan fingerprint density at radius 3 is 3.08 bits per heavy atom. The second-order valence-corrected chi connectivity index (χ2v) is 6.77. The molecule has 1 fully saturated rings. The Hall–Kier alpha value is -2.60. The average molecular weight is 339 g/mol. The fraction of sp³-hybridized carbons (Fsp3) is 0.368. The van der Waals surface area contributed by atoms with Crippen molar-refractivity contribution in [2.75, 3.05) is 0 Å². The Morgan fingerprint density at radius 2 is 2.24 bits per heavy atom. The monoisotopic (exact) mass is 339 g/mol. The summed E-state index contributed by atoms with van der Waals surface area (Å²) in [5.74, 6) is 0.253. The standard InChI is InChI=1S/C19H21N3O3/c23-17-8-13(10-22-6-5-20-12-22)7-16(17)21-19(24)9-14-11-25-18-4-2-1-3-15(14)18/h1-6,11-13,16-17,23H,7-10H2,(H,21,24)/t13?,16-,17-/m1/s1. The minimum absolute atomic E-state index is 0.0844. The summed E-state index contributed by atoms with van der Waals surface area (Å²) >= 11 is 0. The van der Waals surface area contributed by atoms with Crippen LogP contribution in [0.2, 0.25) is 0 Å². The summed E-state index contributed by atoms with van der Waals surface area (Å²) in [6.45, 7) is 0.815. The highest BCUT2D eigenvalue weighted by molar-refractivity contribution is 5.87. The average Bonchev–Trinajstić information content (AvgIpc) is 3.31. The molecule has 130 valence electrons. The molecule has 2 N–H and O–H groups in total. The number of nitrogens with zero attached hydrogens (tertiary/aromatic N) is 2. The van der Waals surface area contributed by atoms with Crippen LogP contribution in [0.4, 0.5) is 0 Å². The molecule has 0 spiro atoms. The molecule has 0 bridgehead atoms. The molecule has 1 unspecified atom stereocenters. The summed E-state index contributed by atoms with van der Waals surface area (Å²) in [5.41, 5.74) is 1.65. The quantitative estimate of drug-likeness (QED) is 0.746. The van der Waals surface area contributed by atoms with Crippen LogP contribution >= 0.6 is 0 Å². The van der Waals surface area contributed by atoms with Gasteiger partial charge in [0.15, 0.2) is 0 Å². The second kappa shape index (κ2) is 6.72. The molecule has 1 aliphatic rings. The van der Waals surface area contributed by atoms with Crippen molar-refractivity contribution < 1.29 is 14.3 Å². The smallest absolute Gasteiger partial charge is 0.224 e. The normalized spacial score (nSPS) is 23.2. The van der Waals surface area contributed by atoms with E-state index in [4.69, 9.17) is 4.42 Å². The van der Waals surface area contributed by atoms with Crippen LogP contribution in [0.3, 0.4) is 0 Å². The molecule has 6 heteroatoms. The van der Waals surface area contributed by atoms with Gasteiger partial charge in [0, 0.05) is 29.9 Å². The third-order valence-electron chi connectivity index (χ3n) is 4.91. The van der Waals surface area contributed by atoms with Crippen molar-refractivity contribution in [3.8, 4) is 0 Å². The molecule has 1 saturated carbocycles. The highest BCUT2D eigenvalue weighted by atomic mass is 16.3. The van der Waals surface area contributed by atoms with E-state index in [1.165, 1.54) is 0 Å². The molecule has 6 nitrogen and oxygen atoms in total. The Balaban J connectivity index is 1.36. The number of benzene rings is 1. The number of para-hydroxylation sites is 1. The first kappa shape index (κ1) is 15.9. The van der Waals surface area contributed by atoms with Crippen molar-refractivity contribution in [1.82, 2.24) is 14.9 Å². The largest absolute Gasteiger partial charge is 0.464 e. The van der Waals surface area contributed by atoms with Gasteiger partial charge in [-0.2, -0.15) is 0 Å². The van der Waals surface area contributed by atoms with E-state index in [0.717, 1.165) is 29.5 Å². The minimum Gasteiger partial charge on any atom is -0.464 e. The van der Waals surface area contributed by atoms with E-state index in [9.17, 15) is 9.90 Å². The number of hydrogen-bond donors (Lipinski definition) is 2. The molecule has 4 rings (SSSR count). The summed E-state index contributed by atoms with van der Waals surface area (Å²) in [6.07, 6.45) is 8.31. The van der Waals surface area contributed by atoms with Gasteiger partial charge >= 0.3 is 0 Å². The number of rotatable bonds is 5.